The zero-order valence-corrected chi connectivity index (χ0v) is 14.8. The van der Waals surface area contributed by atoms with Crippen LogP contribution in [0.4, 0.5) is 5.13 Å². The second-order valence-electron chi connectivity index (χ2n) is 5.31. The monoisotopic (exact) mass is 347 g/mol. The molecule has 6 nitrogen and oxygen atoms in total. The van der Waals surface area contributed by atoms with Crippen LogP contribution in [0.25, 0.3) is 0 Å². The summed E-state index contributed by atoms with van der Waals surface area (Å²) in [5.41, 5.74) is 0.497. The molecule has 128 valence electrons. The van der Waals surface area contributed by atoms with Gasteiger partial charge in [0.15, 0.2) is 5.13 Å². The normalized spacial score (nSPS) is 11.6. The number of rotatable bonds is 7. The van der Waals surface area contributed by atoms with Gasteiger partial charge in [-0.2, -0.15) is 0 Å². The number of aromatic nitrogens is 1. The lowest BCUT2D eigenvalue weighted by molar-refractivity contribution is -0.117. The summed E-state index contributed by atoms with van der Waals surface area (Å²) in [6.07, 6.45) is 2.37. The summed E-state index contributed by atoms with van der Waals surface area (Å²) in [7, 11) is 1.55. The van der Waals surface area contributed by atoms with Crippen molar-refractivity contribution in [3.8, 4) is 5.75 Å². The quantitative estimate of drug-likeness (QED) is 0.836. The fourth-order valence-electron chi connectivity index (χ4n) is 2.17. The van der Waals surface area contributed by atoms with Gasteiger partial charge in [0.1, 0.15) is 12.3 Å². The van der Waals surface area contributed by atoms with E-state index in [1.807, 2.05) is 13.8 Å². The first-order valence-electron chi connectivity index (χ1n) is 7.69. The van der Waals surface area contributed by atoms with Gasteiger partial charge < -0.3 is 15.0 Å². The molecule has 2 rings (SSSR count). The maximum absolute atomic E-state index is 12.8. The SMILES string of the molecule is CC[C@H](C)N(CC(=O)Nc1nccs1)C(=O)c1cccc(OC)c1. The number of ether oxygens (including phenoxy) is 1. The Labute approximate surface area is 145 Å². The number of nitrogens with zero attached hydrogens (tertiary/aromatic N) is 2. The van der Waals surface area contributed by atoms with Crippen LogP contribution < -0.4 is 10.1 Å². The van der Waals surface area contributed by atoms with E-state index >= 15 is 0 Å². The van der Waals surface area contributed by atoms with Crippen molar-refractivity contribution < 1.29 is 14.3 Å². The molecule has 0 aliphatic heterocycles. The van der Waals surface area contributed by atoms with Crippen molar-refractivity contribution in [1.29, 1.82) is 0 Å². The standard InChI is InChI=1S/C17H21N3O3S/c1-4-12(2)20(11-15(21)19-17-18-8-9-24-17)16(22)13-6-5-7-14(10-13)23-3/h5-10,12H,4,11H2,1-3H3,(H,18,19,21)/t12-/m0/s1. The number of carbonyl (C=O) groups is 2. The van der Waals surface area contributed by atoms with E-state index in [4.69, 9.17) is 4.74 Å². The molecule has 1 aromatic carbocycles. The summed E-state index contributed by atoms with van der Waals surface area (Å²) < 4.78 is 5.17. The number of nitrogens with one attached hydrogen (secondary N) is 1. The Bertz CT molecular complexity index is 688. The highest BCUT2D eigenvalue weighted by atomic mass is 32.1. The van der Waals surface area contributed by atoms with Crippen LogP contribution in [0.2, 0.25) is 0 Å². The Hall–Kier alpha value is -2.41. The van der Waals surface area contributed by atoms with Crippen molar-refractivity contribution in [1.82, 2.24) is 9.88 Å². The summed E-state index contributed by atoms with van der Waals surface area (Å²) in [6, 6.07) is 6.87. The molecule has 0 aliphatic carbocycles. The Morgan fingerprint density at radius 2 is 2.21 bits per heavy atom. The van der Waals surface area contributed by atoms with E-state index in [0.717, 1.165) is 6.42 Å². The van der Waals surface area contributed by atoms with Crippen LogP contribution in [-0.4, -0.2) is 41.4 Å². The van der Waals surface area contributed by atoms with Gasteiger partial charge in [0.2, 0.25) is 5.91 Å². The first-order chi connectivity index (χ1) is 11.5. The number of thiazole rings is 1. The van der Waals surface area contributed by atoms with Gasteiger partial charge in [-0.3, -0.25) is 9.59 Å². The zero-order chi connectivity index (χ0) is 17.5. The van der Waals surface area contributed by atoms with Gasteiger partial charge in [-0.05, 0) is 31.5 Å². The van der Waals surface area contributed by atoms with Crippen molar-refractivity contribution in [2.75, 3.05) is 19.0 Å². The average molecular weight is 347 g/mol. The summed E-state index contributed by atoms with van der Waals surface area (Å²) in [4.78, 5) is 30.7. The third-order valence-corrected chi connectivity index (χ3v) is 4.38. The minimum Gasteiger partial charge on any atom is -0.497 e. The maximum atomic E-state index is 12.8. The molecule has 1 atom stereocenters. The molecule has 0 saturated heterocycles. The molecular weight excluding hydrogens is 326 g/mol. The molecule has 0 bridgehead atoms. The number of amides is 2. The number of hydrogen-bond donors (Lipinski definition) is 1. The highest BCUT2D eigenvalue weighted by Gasteiger charge is 2.23. The molecule has 2 aromatic rings. The van der Waals surface area contributed by atoms with Crippen LogP contribution in [-0.2, 0) is 4.79 Å². The highest BCUT2D eigenvalue weighted by molar-refractivity contribution is 7.13. The van der Waals surface area contributed by atoms with E-state index in [9.17, 15) is 9.59 Å². The third-order valence-electron chi connectivity index (χ3n) is 3.69. The molecule has 0 radical (unpaired) electrons. The summed E-state index contributed by atoms with van der Waals surface area (Å²) in [5.74, 6) is 0.149. The average Bonchev–Trinajstić information content (AvgIpc) is 3.11. The molecule has 1 aromatic heterocycles. The topological polar surface area (TPSA) is 71.5 Å². The van der Waals surface area contributed by atoms with Gasteiger partial charge >= 0.3 is 0 Å². The molecule has 0 spiro atoms. The van der Waals surface area contributed by atoms with Gasteiger partial charge in [0, 0.05) is 23.2 Å². The van der Waals surface area contributed by atoms with Crippen LogP contribution in [0.1, 0.15) is 30.6 Å². The Balaban J connectivity index is 2.14. The van der Waals surface area contributed by atoms with Crippen molar-refractivity contribution in [2.24, 2.45) is 0 Å². The first kappa shape index (κ1) is 17.9. The fourth-order valence-corrected chi connectivity index (χ4v) is 2.71. The van der Waals surface area contributed by atoms with Crippen LogP contribution in [0, 0.1) is 0 Å². The van der Waals surface area contributed by atoms with Crippen molar-refractivity contribution in [2.45, 2.75) is 26.3 Å². The Morgan fingerprint density at radius 3 is 2.83 bits per heavy atom. The van der Waals surface area contributed by atoms with E-state index in [2.05, 4.69) is 10.3 Å². The molecule has 1 N–H and O–H groups in total. The molecule has 0 saturated carbocycles. The summed E-state index contributed by atoms with van der Waals surface area (Å²) in [5, 5.41) is 5.02. The second kappa shape index (κ2) is 8.44. The first-order valence-corrected chi connectivity index (χ1v) is 8.57. The van der Waals surface area contributed by atoms with Gasteiger partial charge in [-0.1, -0.05) is 13.0 Å². The lowest BCUT2D eigenvalue weighted by atomic mass is 10.1. The molecule has 0 unspecified atom stereocenters. The molecule has 0 aliphatic rings. The zero-order valence-electron chi connectivity index (χ0n) is 14.0. The number of benzene rings is 1. The number of anilines is 1. The maximum Gasteiger partial charge on any atom is 0.254 e. The van der Waals surface area contributed by atoms with Crippen molar-refractivity contribution >= 4 is 28.3 Å². The largest absolute Gasteiger partial charge is 0.497 e. The lowest BCUT2D eigenvalue weighted by Gasteiger charge is -2.28. The summed E-state index contributed by atoms with van der Waals surface area (Å²) in [6.45, 7) is 3.88. The molecule has 7 heteroatoms. The fraction of sp³-hybridized carbons (Fsp3) is 0.353. The number of carbonyl (C=O) groups excluding carboxylic acids is 2. The highest BCUT2D eigenvalue weighted by Crippen LogP contribution is 2.17. The van der Waals surface area contributed by atoms with E-state index in [1.165, 1.54) is 11.3 Å². The second-order valence-corrected chi connectivity index (χ2v) is 6.20. The lowest BCUT2D eigenvalue weighted by Crippen LogP contribution is -2.43. The Morgan fingerprint density at radius 1 is 1.42 bits per heavy atom. The molecule has 0 fully saturated rings. The van der Waals surface area contributed by atoms with E-state index in [0.29, 0.717) is 16.4 Å². The van der Waals surface area contributed by atoms with Crippen LogP contribution in [0.5, 0.6) is 5.75 Å². The van der Waals surface area contributed by atoms with E-state index in [1.54, 1.807) is 47.9 Å². The summed E-state index contributed by atoms with van der Waals surface area (Å²) >= 11 is 1.34. The molecule has 24 heavy (non-hydrogen) atoms. The minimum absolute atomic E-state index is 0.0232. The smallest absolute Gasteiger partial charge is 0.254 e. The van der Waals surface area contributed by atoms with Crippen LogP contribution in [0.3, 0.4) is 0 Å². The number of methoxy groups -OCH3 is 1. The van der Waals surface area contributed by atoms with Crippen molar-refractivity contribution in [3.05, 3.63) is 41.4 Å². The molecule has 1 heterocycles. The minimum atomic E-state index is -0.263. The van der Waals surface area contributed by atoms with E-state index < -0.39 is 0 Å². The third kappa shape index (κ3) is 4.55. The van der Waals surface area contributed by atoms with Crippen molar-refractivity contribution in [3.63, 3.8) is 0 Å². The predicted molar refractivity (Wildman–Crippen MR) is 94.5 cm³/mol. The van der Waals surface area contributed by atoms with Gasteiger partial charge in [-0.15, -0.1) is 11.3 Å². The number of hydrogen-bond acceptors (Lipinski definition) is 5. The van der Waals surface area contributed by atoms with Gasteiger partial charge in [0.05, 0.1) is 7.11 Å². The van der Waals surface area contributed by atoms with E-state index in [-0.39, 0.29) is 24.4 Å². The molecule has 2 amide bonds. The predicted octanol–water partition coefficient (Wildman–Crippen LogP) is 3.03. The Kier molecular flexibility index (Phi) is 6.31. The van der Waals surface area contributed by atoms with Crippen LogP contribution >= 0.6 is 11.3 Å². The van der Waals surface area contributed by atoms with Gasteiger partial charge in [-0.25, -0.2) is 4.98 Å². The van der Waals surface area contributed by atoms with Crippen LogP contribution in [0.15, 0.2) is 35.8 Å². The van der Waals surface area contributed by atoms with Gasteiger partial charge in [0.25, 0.3) is 5.91 Å². The molecular formula is C17H21N3O3S.